The van der Waals surface area contributed by atoms with E-state index in [1.807, 2.05) is 45.9 Å². The highest BCUT2D eigenvalue weighted by Gasteiger charge is 2.38. The zero-order valence-corrected chi connectivity index (χ0v) is 27.1. The lowest BCUT2D eigenvalue weighted by atomic mass is 9.97. The van der Waals surface area contributed by atoms with Gasteiger partial charge in [0.1, 0.15) is 12.6 Å². The van der Waals surface area contributed by atoms with E-state index in [2.05, 4.69) is 20.6 Å². The minimum atomic E-state index is -1.17. The summed E-state index contributed by atoms with van der Waals surface area (Å²) in [5.74, 6) is -2.00. The molecule has 1 aromatic heterocycles. The van der Waals surface area contributed by atoms with Gasteiger partial charge in [-0.2, -0.15) is 0 Å². The number of imide groups is 1. The number of aliphatic imine (C=N–C) groups is 1. The van der Waals surface area contributed by atoms with E-state index in [0.29, 0.717) is 12.8 Å². The minimum Gasteiger partial charge on any atom is -0.445 e. The fourth-order valence-electron chi connectivity index (χ4n) is 4.59. The Morgan fingerprint density at radius 1 is 1.00 bits per heavy atom. The second-order valence-corrected chi connectivity index (χ2v) is 11.7. The van der Waals surface area contributed by atoms with Crippen molar-refractivity contribution in [2.45, 2.75) is 71.7 Å². The summed E-state index contributed by atoms with van der Waals surface area (Å²) in [5.41, 5.74) is 18.8. The third kappa shape index (κ3) is 13.5. The smallest absolute Gasteiger partial charge is 0.408 e. The van der Waals surface area contributed by atoms with Crippen molar-refractivity contribution in [3.05, 3.63) is 72.1 Å². The number of nitrogens with one attached hydrogen (secondary N) is 2. The predicted molar refractivity (Wildman–Crippen MR) is 178 cm³/mol. The number of carbonyl (C=O) groups is 4. The molecule has 0 aliphatic rings. The Bertz CT molecular complexity index is 1310. The molecule has 1 aromatic carbocycles. The monoisotopic (exact) mass is 636 g/mol. The molecule has 8 N–H and O–H groups in total. The Kier molecular flexibility index (Phi) is 15.9. The molecule has 3 atom stereocenters. The van der Waals surface area contributed by atoms with E-state index in [1.165, 1.54) is 6.08 Å². The van der Waals surface area contributed by atoms with Crippen LogP contribution in [0.25, 0.3) is 6.08 Å². The average molecular weight is 637 g/mol. The number of nitrogens with two attached hydrogens (primary N) is 3. The molecule has 250 valence electrons. The maximum atomic E-state index is 14.3. The van der Waals surface area contributed by atoms with Crippen LogP contribution in [0.3, 0.4) is 0 Å². The van der Waals surface area contributed by atoms with Gasteiger partial charge in [0.25, 0.3) is 5.91 Å². The van der Waals surface area contributed by atoms with Crippen LogP contribution < -0.4 is 27.8 Å². The van der Waals surface area contributed by atoms with Gasteiger partial charge in [0.15, 0.2) is 5.96 Å². The van der Waals surface area contributed by atoms with Crippen molar-refractivity contribution in [2.24, 2.45) is 34.0 Å². The van der Waals surface area contributed by atoms with Gasteiger partial charge in [-0.25, -0.2) is 4.79 Å². The number of carbonyl (C=O) groups excluding carboxylic acids is 4. The third-order valence-electron chi connectivity index (χ3n) is 6.99. The van der Waals surface area contributed by atoms with Crippen LogP contribution in [0.5, 0.6) is 0 Å². The molecule has 4 amide bonds. The van der Waals surface area contributed by atoms with E-state index in [-0.39, 0.29) is 43.9 Å². The molecule has 0 fully saturated rings. The second-order valence-electron chi connectivity index (χ2n) is 11.7. The van der Waals surface area contributed by atoms with Crippen LogP contribution in [-0.2, 0) is 25.7 Å². The quantitative estimate of drug-likeness (QED) is 0.0746. The number of rotatable bonds is 17. The van der Waals surface area contributed by atoms with Crippen LogP contribution in [-0.4, -0.2) is 70.9 Å². The van der Waals surface area contributed by atoms with E-state index in [0.717, 1.165) is 16.0 Å². The Morgan fingerprint density at radius 2 is 1.67 bits per heavy atom. The van der Waals surface area contributed by atoms with Gasteiger partial charge >= 0.3 is 6.09 Å². The fraction of sp³-hybridized carbons (Fsp3) is 0.455. The summed E-state index contributed by atoms with van der Waals surface area (Å²) >= 11 is 0. The summed E-state index contributed by atoms with van der Waals surface area (Å²) in [7, 11) is 0. The van der Waals surface area contributed by atoms with Gasteiger partial charge in [-0.1, -0.05) is 58.0 Å². The molecule has 2 aromatic rings. The number of pyridine rings is 1. The standard InChI is InChI=1S/C33H48N8O5/c1-22(2)19-26(34)30(43)41(28(23(3)4)20-39-29(42)13-12-24-14-17-37-18-15-24)31(44)27(11-8-16-38-32(35)36)40-33(45)46-21-25-9-6-5-7-10-25/h5-7,9-10,12-15,17-18,22-23,26-28H,8,11,16,19-21,34H2,1-4H3,(H,39,42)(H,40,45)(H4,35,36,38)/b13-12+/t26-,27-,28+/m0/s1. The fourth-order valence-corrected chi connectivity index (χ4v) is 4.59. The number of ether oxygens (including phenoxy) is 1. The number of hydrogen-bond donors (Lipinski definition) is 5. The number of hydrogen-bond acceptors (Lipinski definition) is 8. The second kappa shape index (κ2) is 19.6. The molecule has 0 unspecified atom stereocenters. The highest BCUT2D eigenvalue weighted by molar-refractivity contribution is 6.01. The van der Waals surface area contributed by atoms with E-state index < -0.39 is 41.9 Å². The van der Waals surface area contributed by atoms with Crippen molar-refractivity contribution >= 4 is 35.9 Å². The molecule has 0 spiro atoms. The van der Waals surface area contributed by atoms with Crippen molar-refractivity contribution < 1.29 is 23.9 Å². The number of aromatic nitrogens is 1. The topological polar surface area (TPSA) is 208 Å². The molecule has 0 saturated heterocycles. The number of amides is 4. The Labute approximate surface area is 271 Å². The van der Waals surface area contributed by atoms with Gasteiger partial charge in [0.05, 0.1) is 12.1 Å². The molecule has 13 heteroatoms. The van der Waals surface area contributed by atoms with Crippen LogP contribution in [0, 0.1) is 11.8 Å². The number of benzene rings is 1. The number of nitrogens with zero attached hydrogens (tertiary/aromatic N) is 3. The zero-order valence-electron chi connectivity index (χ0n) is 27.1. The lowest BCUT2D eigenvalue weighted by molar-refractivity contribution is -0.151. The van der Waals surface area contributed by atoms with Gasteiger partial charge < -0.3 is 32.6 Å². The van der Waals surface area contributed by atoms with Crippen molar-refractivity contribution in [3.8, 4) is 0 Å². The molecule has 0 radical (unpaired) electrons. The molecular formula is C33H48N8O5. The molecule has 2 rings (SSSR count). The molecule has 0 saturated carbocycles. The molecule has 13 nitrogen and oxygen atoms in total. The maximum absolute atomic E-state index is 14.3. The van der Waals surface area contributed by atoms with Crippen molar-refractivity contribution in [1.82, 2.24) is 20.5 Å². The third-order valence-corrected chi connectivity index (χ3v) is 6.99. The van der Waals surface area contributed by atoms with Crippen molar-refractivity contribution in [2.75, 3.05) is 13.1 Å². The van der Waals surface area contributed by atoms with Gasteiger partial charge in [0, 0.05) is 31.6 Å². The van der Waals surface area contributed by atoms with Crippen LogP contribution >= 0.6 is 0 Å². The first-order valence-electron chi connectivity index (χ1n) is 15.4. The highest BCUT2D eigenvalue weighted by atomic mass is 16.5. The van der Waals surface area contributed by atoms with E-state index >= 15 is 0 Å². The molecule has 0 aliphatic heterocycles. The van der Waals surface area contributed by atoms with Gasteiger partial charge in [0.2, 0.25) is 11.8 Å². The summed E-state index contributed by atoms with van der Waals surface area (Å²) in [6, 6.07) is 9.64. The normalized spacial score (nSPS) is 13.1. The van der Waals surface area contributed by atoms with Crippen molar-refractivity contribution in [3.63, 3.8) is 0 Å². The van der Waals surface area contributed by atoms with Gasteiger partial charge in [-0.15, -0.1) is 0 Å². The van der Waals surface area contributed by atoms with Crippen molar-refractivity contribution in [1.29, 1.82) is 0 Å². The largest absolute Gasteiger partial charge is 0.445 e. The summed E-state index contributed by atoms with van der Waals surface area (Å²) in [6.45, 7) is 7.65. The van der Waals surface area contributed by atoms with Gasteiger partial charge in [-0.3, -0.25) is 29.3 Å². The lowest BCUT2D eigenvalue weighted by Gasteiger charge is -2.37. The van der Waals surface area contributed by atoms with Gasteiger partial charge in [-0.05, 0) is 60.4 Å². The highest BCUT2D eigenvalue weighted by Crippen LogP contribution is 2.18. The Hall–Kier alpha value is -4.78. The van der Waals surface area contributed by atoms with Crippen LogP contribution in [0.1, 0.15) is 58.1 Å². The Balaban J connectivity index is 2.34. The summed E-state index contributed by atoms with van der Waals surface area (Å²) < 4.78 is 5.38. The lowest BCUT2D eigenvalue weighted by Crippen LogP contribution is -2.61. The van der Waals surface area contributed by atoms with Crippen LogP contribution in [0.15, 0.2) is 65.9 Å². The van der Waals surface area contributed by atoms with Crippen LogP contribution in [0.2, 0.25) is 0 Å². The summed E-state index contributed by atoms with van der Waals surface area (Å²) in [6.07, 6.45) is 6.13. The molecule has 1 heterocycles. The van der Waals surface area contributed by atoms with Crippen LogP contribution in [0.4, 0.5) is 4.79 Å². The summed E-state index contributed by atoms with van der Waals surface area (Å²) in [4.78, 5) is 62.8. The predicted octanol–water partition coefficient (Wildman–Crippen LogP) is 2.31. The first-order valence-corrected chi connectivity index (χ1v) is 15.4. The molecule has 46 heavy (non-hydrogen) atoms. The number of alkyl carbamates (subject to hydrolysis) is 1. The van der Waals surface area contributed by atoms with E-state index in [4.69, 9.17) is 21.9 Å². The Morgan fingerprint density at radius 3 is 2.28 bits per heavy atom. The maximum Gasteiger partial charge on any atom is 0.408 e. The molecular weight excluding hydrogens is 588 g/mol. The molecule has 0 aliphatic carbocycles. The van der Waals surface area contributed by atoms with E-state index in [9.17, 15) is 19.2 Å². The summed E-state index contributed by atoms with van der Waals surface area (Å²) in [5, 5.41) is 5.43. The number of guanidine groups is 1. The SMILES string of the molecule is CC(C)C[C@H](N)C(=O)N(C(=O)[C@H](CCCN=C(N)N)NC(=O)OCc1ccccc1)[C@H](CNC(=O)/C=C/c1ccncc1)C(C)C. The first-order chi connectivity index (χ1) is 21.9. The van der Waals surface area contributed by atoms with E-state index in [1.54, 1.807) is 42.7 Å². The first kappa shape index (κ1) is 37.4. The average Bonchev–Trinajstić information content (AvgIpc) is 3.02. The minimum absolute atomic E-state index is 0.0167. The molecule has 0 bridgehead atoms. The zero-order chi connectivity index (χ0) is 34.1.